The van der Waals surface area contributed by atoms with E-state index in [2.05, 4.69) is 5.32 Å². The SMILES string of the molecule is CC(C(=O)N[C@@H]1CCC[C@@H]1C(=O)O)c1cccc(F)c1. The number of aliphatic carboxylic acids is 1. The predicted octanol–water partition coefficient (Wildman–Crippen LogP) is 2.30. The normalized spacial score (nSPS) is 23.3. The van der Waals surface area contributed by atoms with E-state index in [0.717, 1.165) is 6.42 Å². The molecule has 1 aromatic rings. The molecule has 2 rings (SSSR count). The van der Waals surface area contributed by atoms with Crippen molar-refractivity contribution in [2.24, 2.45) is 5.92 Å². The molecule has 0 aromatic heterocycles. The molecule has 3 atom stereocenters. The molecule has 0 spiro atoms. The van der Waals surface area contributed by atoms with Crippen LogP contribution in [0.4, 0.5) is 4.39 Å². The van der Waals surface area contributed by atoms with Crippen LogP contribution in [0, 0.1) is 11.7 Å². The molecule has 20 heavy (non-hydrogen) atoms. The molecule has 0 heterocycles. The zero-order valence-corrected chi connectivity index (χ0v) is 11.3. The van der Waals surface area contributed by atoms with Gasteiger partial charge in [-0.05, 0) is 37.5 Å². The molecular formula is C15H18FNO3. The fraction of sp³-hybridized carbons (Fsp3) is 0.467. The maximum Gasteiger partial charge on any atom is 0.308 e. The van der Waals surface area contributed by atoms with Gasteiger partial charge in [-0.15, -0.1) is 0 Å². The maximum atomic E-state index is 13.2. The second kappa shape index (κ2) is 6.03. The van der Waals surface area contributed by atoms with E-state index < -0.39 is 17.8 Å². The first-order chi connectivity index (χ1) is 9.49. The Morgan fingerprint density at radius 1 is 1.40 bits per heavy atom. The van der Waals surface area contributed by atoms with Crippen LogP contribution in [0.25, 0.3) is 0 Å². The molecule has 1 amide bonds. The van der Waals surface area contributed by atoms with Crippen LogP contribution in [-0.2, 0) is 9.59 Å². The van der Waals surface area contributed by atoms with Gasteiger partial charge in [0.25, 0.3) is 0 Å². The van der Waals surface area contributed by atoms with E-state index >= 15 is 0 Å². The van der Waals surface area contributed by atoms with Crippen molar-refractivity contribution in [3.63, 3.8) is 0 Å². The number of rotatable bonds is 4. The van der Waals surface area contributed by atoms with Crippen LogP contribution in [0.1, 0.15) is 37.7 Å². The molecule has 0 aliphatic heterocycles. The summed E-state index contributed by atoms with van der Waals surface area (Å²) in [5, 5.41) is 11.9. The van der Waals surface area contributed by atoms with Crippen molar-refractivity contribution in [2.45, 2.75) is 38.1 Å². The van der Waals surface area contributed by atoms with Gasteiger partial charge in [0, 0.05) is 6.04 Å². The van der Waals surface area contributed by atoms with Crippen molar-refractivity contribution in [3.8, 4) is 0 Å². The second-order valence-electron chi connectivity index (χ2n) is 5.27. The Kier molecular flexibility index (Phi) is 4.37. The van der Waals surface area contributed by atoms with Crippen LogP contribution in [0.3, 0.4) is 0 Å². The lowest BCUT2D eigenvalue weighted by molar-refractivity contribution is -0.142. The third-order valence-electron chi connectivity index (χ3n) is 3.90. The summed E-state index contributed by atoms with van der Waals surface area (Å²) in [5.74, 6) is -2.52. The van der Waals surface area contributed by atoms with Crippen molar-refractivity contribution in [1.29, 1.82) is 0 Å². The summed E-state index contributed by atoms with van der Waals surface area (Å²) in [6.45, 7) is 1.69. The van der Waals surface area contributed by atoms with Gasteiger partial charge >= 0.3 is 5.97 Å². The predicted molar refractivity (Wildman–Crippen MR) is 71.7 cm³/mol. The topological polar surface area (TPSA) is 66.4 Å². The Balaban J connectivity index is 2.03. The molecule has 0 bridgehead atoms. The fourth-order valence-electron chi connectivity index (χ4n) is 2.66. The quantitative estimate of drug-likeness (QED) is 0.888. The van der Waals surface area contributed by atoms with Crippen LogP contribution in [0.15, 0.2) is 24.3 Å². The van der Waals surface area contributed by atoms with E-state index in [9.17, 15) is 14.0 Å². The molecule has 1 aliphatic carbocycles. The first-order valence-electron chi connectivity index (χ1n) is 6.77. The van der Waals surface area contributed by atoms with E-state index in [-0.39, 0.29) is 17.8 Å². The Morgan fingerprint density at radius 2 is 2.15 bits per heavy atom. The molecule has 4 nitrogen and oxygen atoms in total. The Morgan fingerprint density at radius 3 is 2.80 bits per heavy atom. The van der Waals surface area contributed by atoms with Gasteiger partial charge in [0.15, 0.2) is 0 Å². The molecule has 2 N–H and O–H groups in total. The average Bonchev–Trinajstić information content (AvgIpc) is 2.86. The Hall–Kier alpha value is -1.91. The number of carboxylic acid groups (broad SMARTS) is 1. The number of halogens is 1. The summed E-state index contributed by atoms with van der Waals surface area (Å²) in [7, 11) is 0. The minimum Gasteiger partial charge on any atom is -0.481 e. The van der Waals surface area contributed by atoms with E-state index in [1.807, 2.05) is 0 Å². The summed E-state index contributed by atoms with van der Waals surface area (Å²) >= 11 is 0. The van der Waals surface area contributed by atoms with Gasteiger partial charge in [0.1, 0.15) is 5.82 Å². The zero-order valence-electron chi connectivity index (χ0n) is 11.3. The number of carbonyl (C=O) groups is 2. The minimum atomic E-state index is -0.869. The zero-order chi connectivity index (χ0) is 14.7. The Labute approximate surface area is 117 Å². The van der Waals surface area contributed by atoms with Crippen LogP contribution in [-0.4, -0.2) is 23.0 Å². The average molecular weight is 279 g/mol. The lowest BCUT2D eigenvalue weighted by Gasteiger charge is -2.20. The third kappa shape index (κ3) is 3.15. The standard InChI is InChI=1S/C15H18FNO3/c1-9(10-4-2-5-11(16)8-10)14(18)17-13-7-3-6-12(13)15(19)20/h2,4-5,8-9,12-13H,3,6-7H2,1H3,(H,17,18)(H,19,20)/t9?,12-,13+/m0/s1. The van der Waals surface area contributed by atoms with Crippen molar-refractivity contribution in [2.75, 3.05) is 0 Å². The monoisotopic (exact) mass is 279 g/mol. The number of benzene rings is 1. The summed E-state index contributed by atoms with van der Waals surface area (Å²) in [6.07, 6.45) is 2.07. The van der Waals surface area contributed by atoms with Gasteiger partial charge in [0.2, 0.25) is 5.91 Å². The molecule has 108 valence electrons. The molecule has 1 unspecified atom stereocenters. The van der Waals surface area contributed by atoms with Gasteiger partial charge in [0.05, 0.1) is 11.8 Å². The third-order valence-corrected chi connectivity index (χ3v) is 3.90. The highest BCUT2D eigenvalue weighted by atomic mass is 19.1. The molecule has 1 aliphatic rings. The second-order valence-corrected chi connectivity index (χ2v) is 5.27. The largest absolute Gasteiger partial charge is 0.481 e. The van der Waals surface area contributed by atoms with E-state index in [0.29, 0.717) is 18.4 Å². The van der Waals surface area contributed by atoms with Crippen molar-refractivity contribution >= 4 is 11.9 Å². The van der Waals surface area contributed by atoms with E-state index in [1.54, 1.807) is 19.1 Å². The van der Waals surface area contributed by atoms with Gasteiger partial charge in [-0.1, -0.05) is 18.6 Å². The minimum absolute atomic E-state index is 0.256. The van der Waals surface area contributed by atoms with Crippen molar-refractivity contribution < 1.29 is 19.1 Å². The highest BCUT2D eigenvalue weighted by molar-refractivity contribution is 5.84. The molecule has 0 saturated heterocycles. The van der Waals surface area contributed by atoms with Crippen molar-refractivity contribution in [3.05, 3.63) is 35.6 Å². The van der Waals surface area contributed by atoms with Gasteiger partial charge < -0.3 is 10.4 Å². The molecule has 0 radical (unpaired) electrons. The maximum absolute atomic E-state index is 13.2. The summed E-state index contributed by atoms with van der Waals surface area (Å²) < 4.78 is 13.2. The Bertz CT molecular complexity index is 518. The van der Waals surface area contributed by atoms with E-state index in [4.69, 9.17) is 5.11 Å². The molecule has 5 heteroatoms. The first-order valence-corrected chi connectivity index (χ1v) is 6.77. The van der Waals surface area contributed by atoms with Crippen LogP contribution in [0.5, 0.6) is 0 Å². The highest BCUT2D eigenvalue weighted by Crippen LogP contribution is 2.27. The first kappa shape index (κ1) is 14.5. The van der Waals surface area contributed by atoms with Crippen LogP contribution in [0.2, 0.25) is 0 Å². The molecule has 1 saturated carbocycles. The van der Waals surface area contributed by atoms with Crippen LogP contribution < -0.4 is 5.32 Å². The van der Waals surface area contributed by atoms with E-state index in [1.165, 1.54) is 12.1 Å². The van der Waals surface area contributed by atoms with Crippen LogP contribution >= 0.6 is 0 Å². The highest BCUT2D eigenvalue weighted by Gasteiger charge is 2.34. The smallest absolute Gasteiger partial charge is 0.308 e. The van der Waals surface area contributed by atoms with Gasteiger partial charge in [-0.25, -0.2) is 4.39 Å². The molecular weight excluding hydrogens is 261 g/mol. The summed E-state index contributed by atoms with van der Waals surface area (Å²) in [5.41, 5.74) is 0.590. The number of nitrogens with one attached hydrogen (secondary N) is 1. The summed E-state index contributed by atoms with van der Waals surface area (Å²) in [4.78, 5) is 23.2. The lowest BCUT2D eigenvalue weighted by Crippen LogP contribution is -2.41. The number of carbonyl (C=O) groups excluding carboxylic acids is 1. The van der Waals surface area contributed by atoms with Gasteiger partial charge in [-0.2, -0.15) is 0 Å². The number of hydrogen-bond acceptors (Lipinski definition) is 2. The molecule has 1 aromatic carbocycles. The fourth-order valence-corrected chi connectivity index (χ4v) is 2.66. The summed E-state index contributed by atoms with van der Waals surface area (Å²) in [6, 6.07) is 5.58. The molecule has 1 fully saturated rings. The van der Waals surface area contributed by atoms with Crippen molar-refractivity contribution in [1.82, 2.24) is 5.32 Å². The van der Waals surface area contributed by atoms with Gasteiger partial charge in [-0.3, -0.25) is 9.59 Å². The number of hydrogen-bond donors (Lipinski definition) is 2. The number of carboxylic acids is 1. The number of amides is 1. The lowest BCUT2D eigenvalue weighted by atomic mass is 9.98.